The summed E-state index contributed by atoms with van der Waals surface area (Å²) in [4.78, 5) is 4.59. The molecule has 1 aromatic carbocycles. The van der Waals surface area contributed by atoms with Crippen LogP contribution in [0.4, 0.5) is 0 Å². The summed E-state index contributed by atoms with van der Waals surface area (Å²) in [6.07, 6.45) is 0.313. The van der Waals surface area contributed by atoms with Gasteiger partial charge in [0.2, 0.25) is 0 Å². The number of amidine groups is 1. The summed E-state index contributed by atoms with van der Waals surface area (Å²) < 4.78 is 1.78. The Morgan fingerprint density at radius 1 is 1.22 bits per heavy atom. The van der Waals surface area contributed by atoms with Crippen LogP contribution in [0.3, 0.4) is 0 Å². The van der Waals surface area contributed by atoms with Crippen molar-refractivity contribution >= 4 is 40.1 Å². The number of nitrogens with one attached hydrogen (secondary N) is 1. The number of nitrogens with two attached hydrogens (primary N) is 1. The molecule has 0 spiro atoms. The molecule has 0 fully saturated rings. The molecule has 118 valence electrons. The largest absolute Gasteiger partial charge is 0.387 e. The summed E-state index contributed by atoms with van der Waals surface area (Å²) in [5, 5.41) is 14.1. The third-order valence-corrected chi connectivity index (χ3v) is 4.29. The van der Waals surface area contributed by atoms with Crippen molar-refractivity contribution in [2.24, 2.45) is 5.73 Å². The summed E-state index contributed by atoms with van der Waals surface area (Å²) >= 11 is 12.5. The monoisotopic (exact) mass is 347 g/mol. The van der Waals surface area contributed by atoms with E-state index >= 15 is 0 Å². The van der Waals surface area contributed by atoms with E-state index in [1.165, 1.54) is 0 Å². The second-order valence-corrected chi connectivity index (χ2v) is 6.13. The molecule has 0 unspecified atom stereocenters. The molecule has 0 atom stereocenters. The van der Waals surface area contributed by atoms with Gasteiger partial charge >= 0.3 is 0 Å². The van der Waals surface area contributed by atoms with Crippen molar-refractivity contribution < 1.29 is 0 Å². The van der Waals surface area contributed by atoms with E-state index in [0.29, 0.717) is 23.0 Å². The van der Waals surface area contributed by atoms with Crippen LogP contribution in [-0.4, -0.2) is 20.6 Å². The smallest absolute Gasteiger partial charge is 0.158 e. The third kappa shape index (κ3) is 3.16. The predicted molar refractivity (Wildman–Crippen MR) is 93.4 cm³/mol. The summed E-state index contributed by atoms with van der Waals surface area (Å²) in [5.74, 6) is 0.0776. The van der Waals surface area contributed by atoms with Crippen LogP contribution in [0.1, 0.15) is 17.0 Å². The highest BCUT2D eigenvalue weighted by atomic mass is 35.5. The molecule has 0 radical (unpaired) electrons. The first-order valence-electron chi connectivity index (χ1n) is 7.04. The van der Waals surface area contributed by atoms with E-state index in [4.69, 9.17) is 34.3 Å². The van der Waals surface area contributed by atoms with Crippen molar-refractivity contribution in [2.45, 2.75) is 19.9 Å². The first kappa shape index (κ1) is 15.8. The standard InChI is InChI=1S/C16H15Cl2N5/c1-9-11-6-5-10(7-15(19)20)21-16(11)23(22-9)8-12-13(17)3-2-4-14(12)18/h2-6H,7-8H2,1H3,(H3,19,20). The van der Waals surface area contributed by atoms with Crippen molar-refractivity contribution in [2.75, 3.05) is 0 Å². The maximum Gasteiger partial charge on any atom is 0.158 e. The van der Waals surface area contributed by atoms with Gasteiger partial charge in [0.05, 0.1) is 23.8 Å². The van der Waals surface area contributed by atoms with Crippen LogP contribution in [0.5, 0.6) is 0 Å². The number of rotatable bonds is 4. The molecular weight excluding hydrogens is 333 g/mol. The van der Waals surface area contributed by atoms with Crippen LogP contribution >= 0.6 is 23.2 Å². The molecule has 0 saturated carbocycles. The first-order chi connectivity index (χ1) is 11.0. The Labute approximate surface area is 143 Å². The van der Waals surface area contributed by atoms with Gasteiger partial charge in [0.25, 0.3) is 0 Å². The van der Waals surface area contributed by atoms with Crippen LogP contribution in [0.25, 0.3) is 11.0 Å². The number of aromatic nitrogens is 3. The minimum absolute atomic E-state index is 0.0776. The van der Waals surface area contributed by atoms with E-state index in [-0.39, 0.29) is 5.84 Å². The molecule has 3 aromatic rings. The lowest BCUT2D eigenvalue weighted by molar-refractivity contribution is 0.695. The average molecular weight is 348 g/mol. The molecule has 0 aliphatic heterocycles. The highest BCUT2D eigenvalue weighted by Gasteiger charge is 2.13. The van der Waals surface area contributed by atoms with Gasteiger partial charge in [0.1, 0.15) is 0 Å². The van der Waals surface area contributed by atoms with Gasteiger partial charge in [-0.25, -0.2) is 9.67 Å². The molecule has 7 heteroatoms. The van der Waals surface area contributed by atoms with E-state index in [2.05, 4.69) is 10.1 Å². The number of fused-ring (bicyclic) bond motifs is 1. The summed E-state index contributed by atoms with van der Waals surface area (Å²) in [6.45, 7) is 2.36. The van der Waals surface area contributed by atoms with E-state index in [9.17, 15) is 0 Å². The van der Waals surface area contributed by atoms with Gasteiger partial charge < -0.3 is 5.73 Å². The van der Waals surface area contributed by atoms with Gasteiger partial charge in [-0.15, -0.1) is 0 Å². The molecule has 5 nitrogen and oxygen atoms in total. The quantitative estimate of drug-likeness (QED) is 0.559. The number of hydrogen-bond donors (Lipinski definition) is 2. The minimum Gasteiger partial charge on any atom is -0.387 e. The number of halogens is 2. The van der Waals surface area contributed by atoms with Gasteiger partial charge in [-0.05, 0) is 31.2 Å². The molecule has 0 bridgehead atoms. The van der Waals surface area contributed by atoms with Crippen molar-refractivity contribution in [3.05, 3.63) is 57.3 Å². The molecule has 3 N–H and O–H groups in total. The highest BCUT2D eigenvalue weighted by Crippen LogP contribution is 2.26. The molecule has 0 aliphatic rings. The van der Waals surface area contributed by atoms with Gasteiger partial charge in [-0.2, -0.15) is 5.10 Å². The molecule has 2 heterocycles. The summed E-state index contributed by atoms with van der Waals surface area (Å²) in [5.41, 5.74) is 8.61. The number of aryl methyl sites for hydroxylation is 1. The van der Waals surface area contributed by atoms with Gasteiger partial charge in [-0.3, -0.25) is 5.41 Å². The number of benzene rings is 1. The topological polar surface area (TPSA) is 80.6 Å². The SMILES string of the molecule is Cc1nn(Cc2c(Cl)cccc2Cl)c2nc(CC(=N)N)ccc12. The molecule has 0 saturated heterocycles. The van der Waals surface area contributed by atoms with Gasteiger partial charge in [0, 0.05) is 27.4 Å². The maximum atomic E-state index is 7.41. The zero-order valence-electron chi connectivity index (χ0n) is 12.5. The number of pyridine rings is 1. The Hall–Kier alpha value is -2.11. The molecular formula is C16H15Cl2N5. The Morgan fingerprint density at radius 2 is 1.91 bits per heavy atom. The van der Waals surface area contributed by atoms with Crippen molar-refractivity contribution in [1.29, 1.82) is 5.41 Å². The van der Waals surface area contributed by atoms with Crippen LogP contribution in [-0.2, 0) is 13.0 Å². The highest BCUT2D eigenvalue weighted by molar-refractivity contribution is 6.36. The Morgan fingerprint density at radius 3 is 2.57 bits per heavy atom. The van der Waals surface area contributed by atoms with E-state index in [1.807, 2.05) is 25.1 Å². The summed E-state index contributed by atoms with van der Waals surface area (Å²) in [7, 11) is 0. The lowest BCUT2D eigenvalue weighted by Gasteiger charge is -2.08. The van der Waals surface area contributed by atoms with Crippen molar-refractivity contribution in [3.8, 4) is 0 Å². The van der Waals surface area contributed by atoms with Gasteiger partial charge in [-0.1, -0.05) is 29.3 Å². The first-order valence-corrected chi connectivity index (χ1v) is 7.80. The van der Waals surface area contributed by atoms with Crippen molar-refractivity contribution in [1.82, 2.24) is 14.8 Å². The van der Waals surface area contributed by atoms with E-state index < -0.39 is 0 Å². The molecule has 2 aromatic heterocycles. The van der Waals surface area contributed by atoms with Crippen LogP contribution in [0.2, 0.25) is 10.0 Å². The average Bonchev–Trinajstić information content (AvgIpc) is 2.78. The normalized spacial score (nSPS) is 11.1. The fraction of sp³-hybridized carbons (Fsp3) is 0.188. The Kier molecular flexibility index (Phi) is 4.24. The van der Waals surface area contributed by atoms with Crippen LogP contribution in [0, 0.1) is 12.3 Å². The van der Waals surface area contributed by atoms with Crippen LogP contribution < -0.4 is 5.73 Å². The Balaban J connectivity index is 2.08. The molecule has 23 heavy (non-hydrogen) atoms. The fourth-order valence-electron chi connectivity index (χ4n) is 2.49. The third-order valence-electron chi connectivity index (χ3n) is 3.58. The zero-order valence-corrected chi connectivity index (χ0v) is 14.0. The van der Waals surface area contributed by atoms with E-state index in [0.717, 1.165) is 28.0 Å². The number of hydrogen-bond acceptors (Lipinski definition) is 3. The lowest BCUT2D eigenvalue weighted by Crippen LogP contribution is -2.14. The van der Waals surface area contributed by atoms with Crippen LogP contribution in [0.15, 0.2) is 30.3 Å². The van der Waals surface area contributed by atoms with Crippen molar-refractivity contribution in [3.63, 3.8) is 0 Å². The fourth-order valence-corrected chi connectivity index (χ4v) is 3.00. The minimum atomic E-state index is 0.0776. The van der Waals surface area contributed by atoms with Gasteiger partial charge in [0.15, 0.2) is 5.65 Å². The summed E-state index contributed by atoms with van der Waals surface area (Å²) in [6, 6.07) is 9.23. The number of nitrogens with zero attached hydrogens (tertiary/aromatic N) is 3. The predicted octanol–water partition coefficient (Wildman–Crippen LogP) is 3.57. The van der Waals surface area contributed by atoms with E-state index in [1.54, 1.807) is 16.8 Å². The maximum absolute atomic E-state index is 7.41. The molecule has 0 amide bonds. The Bertz CT molecular complexity index is 881. The lowest BCUT2D eigenvalue weighted by atomic mass is 10.2. The zero-order chi connectivity index (χ0) is 16.6. The second-order valence-electron chi connectivity index (χ2n) is 5.32. The second kappa shape index (κ2) is 6.18. The molecule has 3 rings (SSSR count). The molecule has 0 aliphatic carbocycles.